The van der Waals surface area contributed by atoms with E-state index in [2.05, 4.69) is 54.9 Å². The van der Waals surface area contributed by atoms with Crippen LogP contribution in [0.1, 0.15) is 32.3 Å². The number of benzene rings is 1. The van der Waals surface area contributed by atoms with Crippen LogP contribution in [0.3, 0.4) is 0 Å². The zero-order chi connectivity index (χ0) is 14.3. The molecule has 1 heterocycles. The summed E-state index contributed by atoms with van der Waals surface area (Å²) >= 11 is 0. The fraction of sp³-hybridized carbons (Fsp3) is 0.375. The average Bonchev–Trinajstić information content (AvgIpc) is 2.40. The molecule has 19 heavy (non-hydrogen) atoms. The molecular formula is C16H22NO2+. The van der Waals surface area contributed by atoms with Crippen LogP contribution in [0, 0.1) is 6.92 Å². The van der Waals surface area contributed by atoms with Crippen LogP contribution in [-0.2, 0) is 11.3 Å². The van der Waals surface area contributed by atoms with Crippen LogP contribution in [0.25, 0.3) is 10.9 Å². The van der Waals surface area contributed by atoms with Gasteiger partial charge in [0.05, 0.1) is 0 Å². The largest absolute Gasteiger partial charge is 0.481 e. The van der Waals surface area contributed by atoms with E-state index in [1.807, 2.05) is 6.92 Å². The zero-order valence-corrected chi connectivity index (χ0v) is 11.9. The van der Waals surface area contributed by atoms with Gasteiger partial charge in [0, 0.05) is 23.9 Å². The van der Waals surface area contributed by atoms with Crippen molar-refractivity contribution in [3.63, 3.8) is 0 Å². The van der Waals surface area contributed by atoms with Crippen molar-refractivity contribution >= 4 is 16.9 Å². The number of pyridine rings is 1. The summed E-state index contributed by atoms with van der Waals surface area (Å²) in [5.74, 6) is -0.711. The van der Waals surface area contributed by atoms with Gasteiger partial charge in [-0.2, -0.15) is 4.57 Å². The first-order valence-electron chi connectivity index (χ1n) is 6.69. The third-order valence-corrected chi connectivity index (χ3v) is 2.95. The number of hydrogen-bond donors (Lipinski definition) is 1. The molecule has 2 rings (SSSR count). The predicted molar refractivity (Wildman–Crippen MR) is 77.1 cm³/mol. The summed E-state index contributed by atoms with van der Waals surface area (Å²) in [5.41, 5.74) is 2.67. The highest BCUT2D eigenvalue weighted by atomic mass is 16.4. The number of fused-ring (bicyclic) bond motifs is 1. The van der Waals surface area contributed by atoms with Crippen LogP contribution in [-0.4, -0.2) is 11.1 Å². The molecule has 0 fully saturated rings. The number of aromatic nitrogens is 1. The van der Waals surface area contributed by atoms with Crippen molar-refractivity contribution in [3.05, 3.63) is 42.1 Å². The molecule has 1 N–H and O–H groups in total. The van der Waals surface area contributed by atoms with Crippen molar-refractivity contribution < 1.29 is 14.5 Å². The molecule has 0 saturated heterocycles. The summed E-state index contributed by atoms with van der Waals surface area (Å²) in [6, 6.07) is 10.7. The number of carboxylic acid groups (broad SMARTS) is 1. The number of para-hydroxylation sites is 1. The molecule has 102 valence electrons. The van der Waals surface area contributed by atoms with Crippen molar-refractivity contribution in [1.29, 1.82) is 0 Å². The summed E-state index contributed by atoms with van der Waals surface area (Å²) in [4.78, 5) is 9.60. The van der Waals surface area contributed by atoms with Crippen LogP contribution < -0.4 is 4.57 Å². The van der Waals surface area contributed by atoms with Gasteiger partial charge in [-0.05, 0) is 31.9 Å². The highest BCUT2D eigenvalue weighted by Gasteiger charge is 2.06. The van der Waals surface area contributed by atoms with E-state index in [1.165, 1.54) is 16.5 Å². The van der Waals surface area contributed by atoms with Gasteiger partial charge in [0.25, 0.3) is 0 Å². The quantitative estimate of drug-likeness (QED) is 0.860. The molecule has 3 nitrogen and oxygen atoms in total. The van der Waals surface area contributed by atoms with Gasteiger partial charge in [0.1, 0.15) is 6.54 Å². The van der Waals surface area contributed by atoms with Crippen LogP contribution in [0.15, 0.2) is 36.5 Å². The Morgan fingerprint density at radius 3 is 2.42 bits per heavy atom. The molecule has 0 aliphatic carbocycles. The minimum absolute atomic E-state index is 0.292. The van der Waals surface area contributed by atoms with E-state index in [0.717, 1.165) is 13.0 Å². The van der Waals surface area contributed by atoms with Crippen LogP contribution in [0.5, 0.6) is 0 Å². The minimum Gasteiger partial charge on any atom is -0.481 e. The highest BCUT2D eigenvalue weighted by Crippen LogP contribution is 2.13. The van der Waals surface area contributed by atoms with Gasteiger partial charge < -0.3 is 5.11 Å². The summed E-state index contributed by atoms with van der Waals surface area (Å²) in [5, 5.41) is 9.27. The highest BCUT2D eigenvalue weighted by molar-refractivity contribution is 5.78. The van der Waals surface area contributed by atoms with Gasteiger partial charge in [-0.15, -0.1) is 0 Å². The van der Waals surface area contributed by atoms with Crippen LogP contribution in [0.2, 0.25) is 0 Å². The molecule has 0 atom stereocenters. The average molecular weight is 260 g/mol. The molecule has 0 radical (unpaired) electrons. The van der Waals surface area contributed by atoms with E-state index in [9.17, 15) is 4.79 Å². The topological polar surface area (TPSA) is 41.2 Å². The molecule has 0 aliphatic rings. The Morgan fingerprint density at radius 2 is 1.89 bits per heavy atom. The Hall–Kier alpha value is -1.90. The van der Waals surface area contributed by atoms with Crippen molar-refractivity contribution in [2.24, 2.45) is 0 Å². The Bertz CT molecular complexity index is 549. The van der Waals surface area contributed by atoms with Crippen LogP contribution >= 0.6 is 0 Å². The number of nitrogens with zero attached hydrogens (tertiary/aromatic N) is 1. The first-order valence-corrected chi connectivity index (χ1v) is 6.69. The third kappa shape index (κ3) is 4.36. The SMILES string of the molecule is CCCC(=O)O.CC[n+]1ccc(C)c2ccccc21. The Morgan fingerprint density at radius 1 is 1.21 bits per heavy atom. The lowest BCUT2D eigenvalue weighted by molar-refractivity contribution is -0.667. The maximum absolute atomic E-state index is 9.60. The third-order valence-electron chi connectivity index (χ3n) is 2.95. The minimum atomic E-state index is -0.711. The van der Waals surface area contributed by atoms with Gasteiger partial charge in [-0.3, -0.25) is 4.79 Å². The smallest absolute Gasteiger partial charge is 0.303 e. The maximum Gasteiger partial charge on any atom is 0.303 e. The lowest BCUT2D eigenvalue weighted by Crippen LogP contribution is -2.32. The van der Waals surface area contributed by atoms with Crippen LogP contribution in [0.4, 0.5) is 0 Å². The molecule has 0 aliphatic heterocycles. The molecule has 1 aromatic carbocycles. The predicted octanol–water partition coefficient (Wildman–Crippen LogP) is 3.33. The molecule has 1 aromatic heterocycles. The number of hydrogen-bond acceptors (Lipinski definition) is 1. The van der Waals surface area contributed by atoms with Gasteiger partial charge >= 0.3 is 5.97 Å². The monoisotopic (exact) mass is 260 g/mol. The second-order valence-electron chi connectivity index (χ2n) is 4.45. The Balaban J connectivity index is 0.000000258. The van der Waals surface area contributed by atoms with Gasteiger partial charge in [0.15, 0.2) is 6.20 Å². The molecule has 0 spiro atoms. The summed E-state index contributed by atoms with van der Waals surface area (Å²) in [7, 11) is 0. The zero-order valence-electron chi connectivity index (χ0n) is 11.9. The second kappa shape index (κ2) is 7.52. The van der Waals surface area contributed by atoms with Gasteiger partial charge in [0.2, 0.25) is 5.52 Å². The summed E-state index contributed by atoms with van der Waals surface area (Å²) < 4.78 is 2.27. The van der Waals surface area contributed by atoms with Crippen molar-refractivity contribution in [2.45, 2.75) is 40.2 Å². The maximum atomic E-state index is 9.60. The lowest BCUT2D eigenvalue weighted by atomic mass is 10.1. The van der Waals surface area contributed by atoms with Crippen molar-refractivity contribution in [1.82, 2.24) is 0 Å². The first kappa shape index (κ1) is 15.2. The summed E-state index contributed by atoms with van der Waals surface area (Å²) in [6.45, 7) is 7.19. The van der Waals surface area contributed by atoms with E-state index in [4.69, 9.17) is 5.11 Å². The molecule has 3 heteroatoms. The lowest BCUT2D eigenvalue weighted by Gasteiger charge is -2.00. The molecule has 0 unspecified atom stereocenters. The molecule has 0 bridgehead atoms. The Labute approximate surface area is 114 Å². The molecule has 2 aromatic rings. The van der Waals surface area contributed by atoms with E-state index >= 15 is 0 Å². The van der Waals surface area contributed by atoms with E-state index < -0.39 is 5.97 Å². The molecule has 0 amide bonds. The number of aliphatic carboxylic acids is 1. The number of carboxylic acids is 1. The van der Waals surface area contributed by atoms with E-state index in [-0.39, 0.29) is 0 Å². The first-order chi connectivity index (χ1) is 9.10. The van der Waals surface area contributed by atoms with Crippen molar-refractivity contribution in [2.75, 3.05) is 0 Å². The Kier molecular flexibility index (Phi) is 6.00. The normalized spacial score (nSPS) is 9.84. The number of rotatable bonds is 3. The number of aryl methyl sites for hydroxylation is 2. The van der Waals surface area contributed by atoms with Gasteiger partial charge in [-0.1, -0.05) is 19.1 Å². The molecular weight excluding hydrogens is 238 g/mol. The fourth-order valence-corrected chi connectivity index (χ4v) is 1.92. The standard InChI is InChI=1S/C12H14N.C4H8O2/c1-3-13-9-8-10(2)11-6-4-5-7-12(11)13;1-2-3-4(5)6/h4-9H,3H2,1-2H3;2-3H2,1H3,(H,5,6)/q+1;. The summed E-state index contributed by atoms with van der Waals surface area (Å²) in [6.07, 6.45) is 3.17. The fourth-order valence-electron chi connectivity index (χ4n) is 1.92. The van der Waals surface area contributed by atoms with Gasteiger partial charge in [-0.25, -0.2) is 0 Å². The number of carbonyl (C=O) groups is 1. The van der Waals surface area contributed by atoms with E-state index in [1.54, 1.807) is 0 Å². The molecule has 0 saturated carbocycles. The van der Waals surface area contributed by atoms with Crippen molar-refractivity contribution in [3.8, 4) is 0 Å². The second-order valence-corrected chi connectivity index (χ2v) is 4.45. The van der Waals surface area contributed by atoms with E-state index in [0.29, 0.717) is 6.42 Å².